The highest BCUT2D eigenvalue weighted by Crippen LogP contribution is 2.37. The lowest BCUT2D eigenvalue weighted by molar-refractivity contribution is -0.198. The molecular weight excluding hydrogens is 262 g/mol. The van der Waals surface area contributed by atoms with E-state index in [-0.39, 0.29) is 0 Å². The summed E-state index contributed by atoms with van der Waals surface area (Å²) < 4.78 is 36.2. The lowest BCUT2D eigenvalue weighted by Gasteiger charge is -2.37. The molecule has 1 heterocycles. The molecule has 1 saturated heterocycles. The van der Waals surface area contributed by atoms with Crippen molar-refractivity contribution in [3.05, 3.63) is 11.9 Å². The van der Waals surface area contributed by atoms with Gasteiger partial charge in [-0.3, -0.25) is 0 Å². The SMILES string of the molecule is CCCC1CCC(C2COC(/C(F)=C/CF)OC2)CC1. The Hall–Kier alpha value is -0.480. The molecule has 1 saturated carbocycles. The van der Waals surface area contributed by atoms with E-state index in [2.05, 4.69) is 6.92 Å². The maximum absolute atomic E-state index is 13.4. The van der Waals surface area contributed by atoms with Crippen LogP contribution in [0.15, 0.2) is 11.9 Å². The van der Waals surface area contributed by atoms with E-state index >= 15 is 0 Å². The molecular formula is C16H26F2O2. The highest BCUT2D eigenvalue weighted by Gasteiger charge is 2.32. The van der Waals surface area contributed by atoms with Gasteiger partial charge in [-0.2, -0.15) is 0 Å². The van der Waals surface area contributed by atoms with Crippen molar-refractivity contribution in [3.8, 4) is 0 Å². The van der Waals surface area contributed by atoms with Gasteiger partial charge in [0.25, 0.3) is 0 Å². The van der Waals surface area contributed by atoms with Gasteiger partial charge >= 0.3 is 0 Å². The Morgan fingerprint density at radius 1 is 1.10 bits per heavy atom. The highest BCUT2D eigenvalue weighted by molar-refractivity contribution is 4.96. The third kappa shape index (κ3) is 4.26. The first-order valence-electron chi connectivity index (χ1n) is 7.89. The van der Waals surface area contributed by atoms with Crippen molar-refractivity contribution in [2.45, 2.75) is 51.7 Å². The van der Waals surface area contributed by atoms with Gasteiger partial charge in [0, 0.05) is 5.92 Å². The molecule has 1 aliphatic heterocycles. The molecule has 2 nitrogen and oxygen atoms in total. The molecule has 0 atom stereocenters. The largest absolute Gasteiger partial charge is 0.346 e. The van der Waals surface area contributed by atoms with Crippen LogP contribution < -0.4 is 0 Å². The molecule has 2 rings (SSSR count). The Morgan fingerprint density at radius 3 is 2.30 bits per heavy atom. The summed E-state index contributed by atoms with van der Waals surface area (Å²) in [5.74, 6) is 1.25. The maximum atomic E-state index is 13.4. The van der Waals surface area contributed by atoms with Gasteiger partial charge in [0.15, 0.2) is 5.83 Å². The molecule has 0 radical (unpaired) electrons. The van der Waals surface area contributed by atoms with Crippen molar-refractivity contribution in [1.82, 2.24) is 0 Å². The molecule has 4 heteroatoms. The van der Waals surface area contributed by atoms with Gasteiger partial charge in [-0.05, 0) is 30.8 Å². The predicted molar refractivity (Wildman–Crippen MR) is 74.7 cm³/mol. The molecule has 1 aliphatic carbocycles. The molecule has 0 aromatic rings. The van der Waals surface area contributed by atoms with Crippen molar-refractivity contribution < 1.29 is 18.3 Å². The second-order valence-corrected chi connectivity index (χ2v) is 6.07. The molecule has 2 aliphatic rings. The van der Waals surface area contributed by atoms with Gasteiger partial charge in [-0.1, -0.05) is 32.6 Å². The number of alkyl halides is 1. The van der Waals surface area contributed by atoms with Gasteiger partial charge in [-0.15, -0.1) is 0 Å². The summed E-state index contributed by atoms with van der Waals surface area (Å²) in [6, 6.07) is 0. The number of allylic oxidation sites excluding steroid dienone is 1. The van der Waals surface area contributed by atoms with Crippen LogP contribution in [0.5, 0.6) is 0 Å². The van der Waals surface area contributed by atoms with Crippen molar-refractivity contribution in [3.63, 3.8) is 0 Å². The number of rotatable bonds is 5. The number of hydrogen-bond donors (Lipinski definition) is 0. The van der Waals surface area contributed by atoms with Crippen LogP contribution in [0.4, 0.5) is 8.78 Å². The molecule has 0 N–H and O–H groups in total. The van der Waals surface area contributed by atoms with Crippen LogP contribution in [-0.4, -0.2) is 26.2 Å². The molecule has 0 unspecified atom stereocenters. The van der Waals surface area contributed by atoms with Crippen LogP contribution in [0.1, 0.15) is 45.4 Å². The van der Waals surface area contributed by atoms with Crippen molar-refractivity contribution in [2.75, 3.05) is 19.9 Å². The molecule has 0 spiro atoms. The lowest BCUT2D eigenvalue weighted by Crippen LogP contribution is -2.37. The number of hydrogen-bond acceptors (Lipinski definition) is 2. The summed E-state index contributed by atoms with van der Waals surface area (Å²) in [5, 5.41) is 0. The average molecular weight is 288 g/mol. The smallest absolute Gasteiger partial charge is 0.210 e. The summed E-state index contributed by atoms with van der Waals surface area (Å²) >= 11 is 0. The van der Waals surface area contributed by atoms with E-state index in [9.17, 15) is 8.78 Å². The summed E-state index contributed by atoms with van der Waals surface area (Å²) in [7, 11) is 0. The summed E-state index contributed by atoms with van der Waals surface area (Å²) in [6.07, 6.45) is 7.56. The fourth-order valence-electron chi connectivity index (χ4n) is 3.48. The van der Waals surface area contributed by atoms with Crippen LogP contribution in [0.3, 0.4) is 0 Å². The monoisotopic (exact) mass is 288 g/mol. The molecule has 2 fully saturated rings. The normalized spacial score (nSPS) is 36.0. The van der Waals surface area contributed by atoms with E-state index in [1.165, 1.54) is 38.5 Å². The second-order valence-electron chi connectivity index (χ2n) is 6.07. The molecule has 20 heavy (non-hydrogen) atoms. The molecule has 0 amide bonds. The number of halogens is 2. The van der Waals surface area contributed by atoms with Crippen molar-refractivity contribution in [2.24, 2.45) is 17.8 Å². The van der Waals surface area contributed by atoms with Gasteiger partial charge in [0.2, 0.25) is 6.29 Å². The van der Waals surface area contributed by atoms with Crippen molar-refractivity contribution in [1.29, 1.82) is 0 Å². The summed E-state index contributed by atoms with van der Waals surface area (Å²) in [4.78, 5) is 0. The molecule has 0 aromatic carbocycles. The van der Waals surface area contributed by atoms with Crippen LogP contribution in [0.2, 0.25) is 0 Å². The first kappa shape index (κ1) is 15.9. The molecule has 0 aromatic heterocycles. The van der Waals surface area contributed by atoms with Gasteiger partial charge in [0.1, 0.15) is 6.67 Å². The van der Waals surface area contributed by atoms with E-state index in [0.29, 0.717) is 25.0 Å². The van der Waals surface area contributed by atoms with Crippen LogP contribution >= 0.6 is 0 Å². The Balaban J connectivity index is 1.73. The standard InChI is InChI=1S/C16H26F2O2/c1-2-3-12-4-6-13(7-5-12)14-10-19-16(20-11-14)15(18)8-9-17/h8,12-14,16H,2-7,9-11H2,1H3/b15-8-. The van der Waals surface area contributed by atoms with Crippen molar-refractivity contribution >= 4 is 0 Å². The lowest BCUT2D eigenvalue weighted by atomic mass is 9.75. The average Bonchev–Trinajstić information content (AvgIpc) is 2.49. The summed E-state index contributed by atoms with van der Waals surface area (Å²) in [5.41, 5.74) is 0. The van der Waals surface area contributed by atoms with Gasteiger partial charge in [-0.25, -0.2) is 8.78 Å². The van der Waals surface area contributed by atoms with E-state index in [1.807, 2.05) is 0 Å². The zero-order valence-corrected chi connectivity index (χ0v) is 12.3. The minimum Gasteiger partial charge on any atom is -0.346 e. The fraction of sp³-hybridized carbons (Fsp3) is 0.875. The first-order chi connectivity index (χ1) is 9.74. The van der Waals surface area contributed by atoms with Gasteiger partial charge < -0.3 is 9.47 Å². The second kappa shape index (κ2) is 8.08. The third-order valence-electron chi connectivity index (χ3n) is 4.68. The highest BCUT2D eigenvalue weighted by atomic mass is 19.1. The van der Waals surface area contributed by atoms with E-state index < -0.39 is 18.8 Å². The van der Waals surface area contributed by atoms with Crippen LogP contribution in [-0.2, 0) is 9.47 Å². The Kier molecular flexibility index (Phi) is 6.43. The van der Waals surface area contributed by atoms with E-state index in [4.69, 9.17) is 9.47 Å². The molecule has 116 valence electrons. The number of ether oxygens (including phenoxy) is 2. The Labute approximate surface area is 120 Å². The Morgan fingerprint density at radius 2 is 1.75 bits per heavy atom. The Bertz CT molecular complexity index is 304. The van der Waals surface area contributed by atoms with Crippen LogP contribution in [0, 0.1) is 17.8 Å². The minimum absolute atomic E-state index is 0.368. The zero-order valence-electron chi connectivity index (χ0n) is 12.3. The quantitative estimate of drug-likeness (QED) is 0.746. The summed E-state index contributed by atoms with van der Waals surface area (Å²) in [6.45, 7) is 2.48. The van der Waals surface area contributed by atoms with E-state index in [1.54, 1.807) is 0 Å². The fourth-order valence-corrected chi connectivity index (χ4v) is 3.48. The molecule has 0 bridgehead atoms. The maximum Gasteiger partial charge on any atom is 0.210 e. The third-order valence-corrected chi connectivity index (χ3v) is 4.68. The topological polar surface area (TPSA) is 18.5 Å². The van der Waals surface area contributed by atoms with Gasteiger partial charge in [0.05, 0.1) is 13.2 Å². The predicted octanol–water partition coefficient (Wildman–Crippen LogP) is 4.40. The zero-order chi connectivity index (χ0) is 14.4. The first-order valence-corrected chi connectivity index (χ1v) is 7.89. The van der Waals surface area contributed by atoms with E-state index in [0.717, 1.165) is 12.0 Å². The van der Waals surface area contributed by atoms with Crippen LogP contribution in [0.25, 0.3) is 0 Å². The minimum atomic E-state index is -0.988.